The number of carbonyl (C=O) groups excluding carboxylic acids is 1. The van der Waals surface area contributed by atoms with Crippen LogP contribution in [0, 0.1) is 20.8 Å². The van der Waals surface area contributed by atoms with Crippen LogP contribution in [-0.4, -0.2) is 45.5 Å². The fourth-order valence-corrected chi connectivity index (χ4v) is 4.45. The van der Waals surface area contributed by atoms with Crippen molar-refractivity contribution in [1.82, 2.24) is 9.73 Å². The number of methoxy groups -OCH3 is 1. The molecule has 2 aromatic carbocycles. The number of hydrogen-bond acceptors (Lipinski definition) is 5. The summed E-state index contributed by atoms with van der Waals surface area (Å²) in [5, 5.41) is 3.86. The first-order valence-electron chi connectivity index (χ1n) is 8.65. The van der Waals surface area contributed by atoms with Gasteiger partial charge >= 0.3 is 0 Å². The first-order chi connectivity index (χ1) is 13.1. The number of hydrogen-bond donors (Lipinski definition) is 1. The molecule has 0 fully saturated rings. The topological polar surface area (TPSA) is 88.1 Å². The number of rotatable bonds is 7. The number of likely N-dealkylation sites (N-methyl/N-ethyl adjacent to an activating group) is 1. The molecule has 0 saturated heterocycles. The summed E-state index contributed by atoms with van der Waals surface area (Å²) in [6, 6.07) is 10.7. The molecular weight excluding hydrogens is 378 g/mol. The molecule has 0 saturated carbocycles. The normalized spacial score (nSPS) is 11.8. The molecular formula is C20H25N3O4S. The molecule has 2 rings (SSSR count). The molecule has 28 heavy (non-hydrogen) atoms. The van der Waals surface area contributed by atoms with Gasteiger partial charge in [0.2, 0.25) is 10.0 Å². The highest BCUT2D eigenvalue weighted by molar-refractivity contribution is 7.89. The van der Waals surface area contributed by atoms with E-state index in [2.05, 4.69) is 10.5 Å². The molecule has 0 atom stereocenters. The number of benzene rings is 2. The Kier molecular flexibility index (Phi) is 6.93. The lowest BCUT2D eigenvalue weighted by Gasteiger charge is -2.19. The van der Waals surface area contributed by atoms with Gasteiger partial charge in [0.1, 0.15) is 5.75 Å². The van der Waals surface area contributed by atoms with Gasteiger partial charge in [-0.25, -0.2) is 13.8 Å². The lowest BCUT2D eigenvalue weighted by Crippen LogP contribution is -2.37. The zero-order chi connectivity index (χ0) is 20.9. The minimum atomic E-state index is -3.79. The van der Waals surface area contributed by atoms with Gasteiger partial charge in [0, 0.05) is 7.05 Å². The van der Waals surface area contributed by atoms with E-state index in [1.165, 1.54) is 13.3 Å². The number of sulfonamides is 1. The fourth-order valence-electron chi connectivity index (χ4n) is 2.92. The van der Waals surface area contributed by atoms with Crippen LogP contribution in [-0.2, 0) is 14.8 Å². The third kappa shape index (κ3) is 5.17. The summed E-state index contributed by atoms with van der Waals surface area (Å²) in [6.45, 7) is 5.07. The van der Waals surface area contributed by atoms with Crippen LogP contribution < -0.4 is 10.2 Å². The third-order valence-corrected chi connectivity index (χ3v) is 6.27. The lowest BCUT2D eigenvalue weighted by atomic mass is 10.1. The number of nitrogens with zero attached hydrogens (tertiary/aromatic N) is 2. The molecule has 0 aliphatic carbocycles. The molecule has 0 radical (unpaired) electrons. The van der Waals surface area contributed by atoms with E-state index in [0.717, 1.165) is 21.2 Å². The van der Waals surface area contributed by atoms with Crippen molar-refractivity contribution in [3.63, 3.8) is 0 Å². The van der Waals surface area contributed by atoms with Gasteiger partial charge in [-0.3, -0.25) is 4.79 Å². The highest BCUT2D eigenvalue weighted by Crippen LogP contribution is 2.24. The van der Waals surface area contributed by atoms with Crippen LogP contribution in [0.25, 0.3) is 0 Å². The minimum absolute atomic E-state index is 0.232. The van der Waals surface area contributed by atoms with Crippen molar-refractivity contribution in [1.29, 1.82) is 0 Å². The average Bonchev–Trinajstić information content (AvgIpc) is 2.61. The summed E-state index contributed by atoms with van der Waals surface area (Å²) in [6.07, 6.45) is 1.47. The van der Waals surface area contributed by atoms with Crippen molar-refractivity contribution >= 4 is 22.1 Å². The maximum Gasteiger partial charge on any atom is 0.255 e. The number of aryl methyl sites for hydroxylation is 3. The van der Waals surface area contributed by atoms with Gasteiger partial charge < -0.3 is 4.74 Å². The molecule has 0 heterocycles. The molecule has 0 unspecified atom stereocenters. The summed E-state index contributed by atoms with van der Waals surface area (Å²) < 4.78 is 31.8. The standard InChI is InChI=1S/C20H25N3O4S/c1-14-10-15(2)20(16(3)11-14)28(25,26)23(4)13-19(24)22-21-12-17-6-8-18(27-5)9-7-17/h6-12H,13H2,1-5H3,(H,22,24)/b21-12-. The van der Waals surface area contributed by atoms with Crippen LogP contribution in [0.2, 0.25) is 0 Å². The minimum Gasteiger partial charge on any atom is -0.497 e. The van der Waals surface area contributed by atoms with Gasteiger partial charge in [-0.2, -0.15) is 9.41 Å². The van der Waals surface area contributed by atoms with E-state index in [4.69, 9.17) is 4.74 Å². The van der Waals surface area contributed by atoms with Gasteiger partial charge in [-0.15, -0.1) is 0 Å². The maximum absolute atomic E-state index is 12.9. The SMILES string of the molecule is COc1ccc(/C=N\NC(=O)CN(C)S(=O)(=O)c2c(C)cc(C)cc2C)cc1. The highest BCUT2D eigenvalue weighted by Gasteiger charge is 2.26. The third-order valence-electron chi connectivity index (χ3n) is 4.16. The first-order valence-corrected chi connectivity index (χ1v) is 10.1. The number of hydrazone groups is 1. The van der Waals surface area contributed by atoms with Crippen LogP contribution in [0.3, 0.4) is 0 Å². The number of amides is 1. The van der Waals surface area contributed by atoms with Crippen LogP contribution in [0.15, 0.2) is 46.4 Å². The predicted molar refractivity (Wildman–Crippen MR) is 109 cm³/mol. The summed E-state index contributed by atoms with van der Waals surface area (Å²) in [4.78, 5) is 12.3. The molecule has 0 spiro atoms. The van der Waals surface area contributed by atoms with Gasteiger partial charge in [-0.1, -0.05) is 17.7 Å². The monoisotopic (exact) mass is 403 g/mol. The molecule has 0 aliphatic heterocycles. The summed E-state index contributed by atoms with van der Waals surface area (Å²) >= 11 is 0. The molecule has 7 nitrogen and oxygen atoms in total. The molecule has 0 aliphatic rings. The Morgan fingerprint density at radius 3 is 2.25 bits per heavy atom. The molecule has 2 aromatic rings. The second-order valence-corrected chi connectivity index (χ2v) is 8.54. The van der Waals surface area contributed by atoms with Crippen LogP contribution >= 0.6 is 0 Å². The second kappa shape index (κ2) is 8.99. The van der Waals surface area contributed by atoms with Gasteiger partial charge in [-0.05, 0) is 61.7 Å². The molecule has 150 valence electrons. The van der Waals surface area contributed by atoms with E-state index in [1.807, 2.05) is 19.1 Å². The zero-order valence-electron chi connectivity index (χ0n) is 16.7. The van der Waals surface area contributed by atoms with E-state index in [0.29, 0.717) is 11.1 Å². The Balaban J connectivity index is 2.04. The smallest absolute Gasteiger partial charge is 0.255 e. The number of ether oxygens (including phenoxy) is 1. The van der Waals surface area contributed by atoms with E-state index in [-0.39, 0.29) is 11.4 Å². The molecule has 8 heteroatoms. The second-order valence-electron chi connectivity index (χ2n) is 6.56. The van der Waals surface area contributed by atoms with Crippen molar-refractivity contribution in [2.24, 2.45) is 5.10 Å². The first kappa shape index (κ1) is 21.6. The maximum atomic E-state index is 12.9. The Morgan fingerprint density at radius 1 is 1.14 bits per heavy atom. The van der Waals surface area contributed by atoms with Crippen molar-refractivity contribution < 1.29 is 17.9 Å². The number of nitrogens with one attached hydrogen (secondary N) is 1. The van der Waals surface area contributed by atoms with Crippen LogP contribution in [0.1, 0.15) is 22.3 Å². The van der Waals surface area contributed by atoms with Crippen molar-refractivity contribution in [2.45, 2.75) is 25.7 Å². The van der Waals surface area contributed by atoms with Crippen molar-refractivity contribution in [2.75, 3.05) is 20.7 Å². The van der Waals surface area contributed by atoms with Gasteiger partial charge in [0.25, 0.3) is 5.91 Å². The highest BCUT2D eigenvalue weighted by atomic mass is 32.2. The Bertz CT molecular complexity index is 960. The summed E-state index contributed by atoms with van der Waals surface area (Å²) in [5.41, 5.74) is 5.41. The van der Waals surface area contributed by atoms with Gasteiger partial charge in [0.15, 0.2) is 0 Å². The fraction of sp³-hybridized carbons (Fsp3) is 0.300. The average molecular weight is 404 g/mol. The Hall–Kier alpha value is -2.71. The van der Waals surface area contributed by atoms with Crippen LogP contribution in [0.4, 0.5) is 0 Å². The van der Waals surface area contributed by atoms with E-state index >= 15 is 0 Å². The molecule has 0 bridgehead atoms. The lowest BCUT2D eigenvalue weighted by molar-refractivity contribution is -0.121. The molecule has 1 amide bonds. The van der Waals surface area contributed by atoms with Crippen LogP contribution in [0.5, 0.6) is 5.75 Å². The number of carbonyl (C=O) groups is 1. The quantitative estimate of drug-likeness (QED) is 0.568. The summed E-state index contributed by atoms with van der Waals surface area (Å²) in [7, 11) is -0.838. The molecule has 1 N–H and O–H groups in total. The van der Waals surface area contributed by atoms with Crippen molar-refractivity contribution in [3.05, 3.63) is 58.7 Å². The Labute approximate surface area is 166 Å². The van der Waals surface area contributed by atoms with Gasteiger partial charge in [0.05, 0.1) is 24.8 Å². The van der Waals surface area contributed by atoms with E-state index in [1.54, 1.807) is 45.2 Å². The summed E-state index contributed by atoms with van der Waals surface area (Å²) in [5.74, 6) is 0.188. The molecule has 0 aromatic heterocycles. The Morgan fingerprint density at radius 2 is 1.71 bits per heavy atom. The largest absolute Gasteiger partial charge is 0.497 e. The van der Waals surface area contributed by atoms with E-state index < -0.39 is 15.9 Å². The zero-order valence-corrected chi connectivity index (χ0v) is 17.5. The van der Waals surface area contributed by atoms with E-state index in [9.17, 15) is 13.2 Å². The predicted octanol–water partition coefficient (Wildman–Crippen LogP) is 2.39. The van der Waals surface area contributed by atoms with Crippen molar-refractivity contribution in [3.8, 4) is 5.75 Å².